The Hall–Kier alpha value is -2.56. The fraction of sp³-hybridized carbons (Fsp3) is 0. The van der Waals surface area contributed by atoms with Crippen LogP contribution in [0.3, 0.4) is 0 Å². The number of benzene rings is 2. The Morgan fingerprint density at radius 3 is 2.76 bits per heavy atom. The van der Waals surface area contributed by atoms with Gasteiger partial charge in [-0.15, -0.1) is 11.3 Å². The van der Waals surface area contributed by atoms with Gasteiger partial charge in [0.1, 0.15) is 16.6 Å². The third kappa shape index (κ3) is 4.10. The summed E-state index contributed by atoms with van der Waals surface area (Å²) in [4.78, 5) is 4.47. The van der Waals surface area contributed by atoms with Gasteiger partial charge in [0.2, 0.25) is 0 Å². The molecule has 2 aromatic carbocycles. The molecule has 0 aliphatic rings. The molecule has 0 radical (unpaired) electrons. The van der Waals surface area contributed by atoms with Gasteiger partial charge in [-0.05, 0) is 24.3 Å². The van der Waals surface area contributed by atoms with Gasteiger partial charge in [0, 0.05) is 33.4 Å². The molecule has 0 amide bonds. The zero-order valence-electron chi connectivity index (χ0n) is 12.6. The summed E-state index contributed by atoms with van der Waals surface area (Å²) in [5.74, 6) is -1.88. The Balaban J connectivity index is 1.84. The first-order chi connectivity index (χ1) is 12.1. The van der Waals surface area contributed by atoms with Crippen LogP contribution in [0.2, 0.25) is 0 Å². The second-order valence-electron chi connectivity index (χ2n) is 4.99. The highest BCUT2D eigenvalue weighted by molar-refractivity contribution is 9.10. The molecule has 7 heteroatoms. The second-order valence-corrected chi connectivity index (χ2v) is 6.77. The first-order valence-electron chi connectivity index (χ1n) is 7.10. The Kier molecular flexibility index (Phi) is 5.22. The molecule has 0 bridgehead atoms. The lowest BCUT2D eigenvalue weighted by Crippen LogP contribution is -1.93. The van der Waals surface area contributed by atoms with Gasteiger partial charge < -0.3 is 5.32 Å². The zero-order valence-corrected chi connectivity index (χ0v) is 15.0. The lowest BCUT2D eigenvalue weighted by atomic mass is 10.2. The average molecular weight is 418 g/mol. The van der Waals surface area contributed by atoms with E-state index in [9.17, 15) is 14.0 Å². The van der Waals surface area contributed by atoms with Crippen molar-refractivity contribution in [2.75, 3.05) is 5.32 Å². The molecule has 0 saturated carbocycles. The summed E-state index contributed by atoms with van der Waals surface area (Å²) < 4.78 is 27.1. The van der Waals surface area contributed by atoms with E-state index in [1.807, 2.05) is 29.6 Å². The predicted octanol–water partition coefficient (Wildman–Crippen LogP) is 5.83. The van der Waals surface area contributed by atoms with Crippen LogP contribution in [0.5, 0.6) is 0 Å². The van der Waals surface area contributed by atoms with E-state index in [4.69, 9.17) is 0 Å². The van der Waals surface area contributed by atoms with Gasteiger partial charge >= 0.3 is 0 Å². The number of hydrogen-bond acceptors (Lipinski definition) is 4. The molecule has 0 spiro atoms. The molecule has 124 valence electrons. The van der Waals surface area contributed by atoms with Crippen LogP contribution in [0, 0.1) is 23.0 Å². The normalized spacial score (nSPS) is 11.2. The molecular weight excluding hydrogens is 408 g/mol. The van der Waals surface area contributed by atoms with Gasteiger partial charge in [-0.1, -0.05) is 28.1 Å². The van der Waals surface area contributed by atoms with Crippen LogP contribution in [-0.4, -0.2) is 4.98 Å². The Bertz CT molecular complexity index is 992. The number of nitrogens with zero attached hydrogens (tertiary/aromatic N) is 2. The second kappa shape index (κ2) is 7.55. The molecule has 3 aromatic rings. The van der Waals surface area contributed by atoms with Crippen LogP contribution in [0.15, 0.2) is 58.5 Å². The number of halogens is 3. The molecule has 0 unspecified atom stereocenters. The molecule has 0 saturated heterocycles. The SMILES string of the molecule is N#CC(=CNc1ccc(F)c(F)c1)c1nc(-c2cccc(Br)c2)cs1. The molecule has 3 rings (SSSR count). The van der Waals surface area contributed by atoms with E-state index in [0.29, 0.717) is 16.3 Å². The lowest BCUT2D eigenvalue weighted by molar-refractivity contribution is 0.509. The number of nitrogens with one attached hydrogen (secondary N) is 1. The minimum Gasteiger partial charge on any atom is -0.360 e. The van der Waals surface area contributed by atoms with Crippen LogP contribution in [0.1, 0.15) is 5.01 Å². The zero-order chi connectivity index (χ0) is 17.8. The molecule has 0 atom stereocenters. The maximum atomic E-state index is 13.2. The minimum absolute atomic E-state index is 0.302. The van der Waals surface area contributed by atoms with Gasteiger partial charge in [-0.25, -0.2) is 13.8 Å². The van der Waals surface area contributed by atoms with Crippen molar-refractivity contribution in [3.8, 4) is 17.3 Å². The van der Waals surface area contributed by atoms with Gasteiger partial charge in [-0.3, -0.25) is 0 Å². The summed E-state index contributed by atoms with van der Waals surface area (Å²) >= 11 is 4.75. The molecule has 1 aromatic heterocycles. The van der Waals surface area contributed by atoms with Crippen molar-refractivity contribution in [1.29, 1.82) is 5.26 Å². The summed E-state index contributed by atoms with van der Waals surface area (Å²) in [7, 11) is 0. The third-order valence-corrected chi connectivity index (χ3v) is 4.65. The van der Waals surface area contributed by atoms with E-state index in [1.54, 1.807) is 0 Å². The van der Waals surface area contributed by atoms with Crippen molar-refractivity contribution in [3.05, 3.63) is 75.2 Å². The van der Waals surface area contributed by atoms with Gasteiger partial charge in [0.25, 0.3) is 0 Å². The fourth-order valence-corrected chi connectivity index (χ4v) is 3.25. The molecule has 25 heavy (non-hydrogen) atoms. The van der Waals surface area contributed by atoms with Crippen molar-refractivity contribution in [3.63, 3.8) is 0 Å². The predicted molar refractivity (Wildman–Crippen MR) is 98.8 cm³/mol. The number of thiazole rings is 1. The van der Waals surface area contributed by atoms with Gasteiger partial charge in [0.15, 0.2) is 11.6 Å². The summed E-state index contributed by atoms with van der Waals surface area (Å²) in [6.07, 6.45) is 1.43. The van der Waals surface area contributed by atoms with E-state index in [-0.39, 0.29) is 0 Å². The largest absolute Gasteiger partial charge is 0.360 e. The molecular formula is C18H10BrF2N3S. The maximum Gasteiger partial charge on any atom is 0.160 e. The van der Waals surface area contributed by atoms with E-state index in [2.05, 4.69) is 32.3 Å². The Morgan fingerprint density at radius 1 is 1.20 bits per heavy atom. The standard InChI is InChI=1S/C18H10BrF2N3S/c19-13-3-1-2-11(6-13)17-10-25-18(24-17)12(8-22)9-23-14-4-5-15(20)16(21)7-14/h1-7,9-10,23H. The topological polar surface area (TPSA) is 48.7 Å². The quantitative estimate of drug-likeness (QED) is 0.543. The summed E-state index contributed by atoms with van der Waals surface area (Å²) in [6.45, 7) is 0. The number of anilines is 1. The molecule has 1 N–H and O–H groups in total. The van der Waals surface area contributed by atoms with Crippen molar-refractivity contribution in [2.45, 2.75) is 0 Å². The smallest absolute Gasteiger partial charge is 0.160 e. The molecule has 0 aliphatic heterocycles. The summed E-state index contributed by atoms with van der Waals surface area (Å²) in [6, 6.07) is 13.2. The number of nitriles is 1. The lowest BCUT2D eigenvalue weighted by Gasteiger charge is -2.02. The molecule has 1 heterocycles. The number of aromatic nitrogens is 1. The van der Waals surface area contributed by atoms with Crippen LogP contribution < -0.4 is 5.32 Å². The van der Waals surface area contributed by atoms with Gasteiger partial charge in [-0.2, -0.15) is 5.26 Å². The first-order valence-corrected chi connectivity index (χ1v) is 8.78. The van der Waals surface area contributed by atoms with Crippen molar-refractivity contribution >= 4 is 38.5 Å². The van der Waals surface area contributed by atoms with Crippen LogP contribution in [-0.2, 0) is 0 Å². The maximum absolute atomic E-state index is 13.2. The van der Waals surface area contributed by atoms with Crippen molar-refractivity contribution in [2.24, 2.45) is 0 Å². The van der Waals surface area contributed by atoms with Gasteiger partial charge in [0.05, 0.1) is 5.69 Å². The van der Waals surface area contributed by atoms with E-state index < -0.39 is 11.6 Å². The number of rotatable bonds is 4. The highest BCUT2D eigenvalue weighted by atomic mass is 79.9. The monoisotopic (exact) mass is 417 g/mol. The molecule has 0 aliphatic carbocycles. The minimum atomic E-state index is -0.955. The van der Waals surface area contributed by atoms with Crippen LogP contribution >= 0.6 is 27.3 Å². The van der Waals surface area contributed by atoms with Crippen LogP contribution in [0.4, 0.5) is 14.5 Å². The van der Waals surface area contributed by atoms with E-state index in [1.165, 1.54) is 23.6 Å². The number of allylic oxidation sites excluding steroid dienone is 1. The van der Waals surface area contributed by atoms with Crippen molar-refractivity contribution in [1.82, 2.24) is 4.98 Å². The summed E-state index contributed by atoms with van der Waals surface area (Å²) in [5.41, 5.74) is 2.34. The Labute approximate surface area is 155 Å². The molecule has 3 nitrogen and oxygen atoms in total. The fourth-order valence-electron chi connectivity index (χ4n) is 2.06. The third-order valence-electron chi connectivity index (χ3n) is 3.28. The van der Waals surface area contributed by atoms with Crippen LogP contribution in [0.25, 0.3) is 16.8 Å². The highest BCUT2D eigenvalue weighted by Crippen LogP contribution is 2.27. The average Bonchev–Trinajstić information content (AvgIpc) is 3.08. The molecule has 0 fully saturated rings. The van der Waals surface area contributed by atoms with E-state index >= 15 is 0 Å². The van der Waals surface area contributed by atoms with E-state index in [0.717, 1.165) is 27.9 Å². The Morgan fingerprint density at radius 2 is 2.04 bits per heavy atom. The first kappa shape index (κ1) is 17.3. The number of hydrogen-bond donors (Lipinski definition) is 1. The highest BCUT2D eigenvalue weighted by Gasteiger charge is 2.09. The summed E-state index contributed by atoms with van der Waals surface area (Å²) in [5, 5.41) is 14.5. The van der Waals surface area contributed by atoms with Crippen molar-refractivity contribution < 1.29 is 8.78 Å².